The summed E-state index contributed by atoms with van der Waals surface area (Å²) in [5, 5.41) is 13.6. The Bertz CT molecular complexity index is 695. The summed E-state index contributed by atoms with van der Waals surface area (Å²) in [4.78, 5) is 30.0. The number of carbonyl (C=O) groups is 1. The Labute approximate surface area is 120 Å². The minimum absolute atomic E-state index is 0.0936. The van der Waals surface area contributed by atoms with E-state index in [1.165, 1.54) is 6.07 Å². The molecule has 1 aliphatic carbocycles. The fourth-order valence-corrected chi connectivity index (χ4v) is 2.60. The number of nitro benzene ring substituents is 1. The Hall–Kier alpha value is -2.70. The second kappa shape index (κ2) is 5.35. The number of rotatable bonds is 3. The van der Waals surface area contributed by atoms with Crippen LogP contribution < -0.4 is 5.32 Å². The number of fused-ring (bicyclic) bond motifs is 1. The van der Waals surface area contributed by atoms with E-state index in [4.69, 9.17) is 0 Å². The van der Waals surface area contributed by atoms with Gasteiger partial charge in [-0.1, -0.05) is 12.1 Å². The van der Waals surface area contributed by atoms with Gasteiger partial charge in [-0.25, -0.2) is 4.98 Å². The lowest BCUT2D eigenvalue weighted by Gasteiger charge is -2.20. The van der Waals surface area contributed by atoms with Crippen molar-refractivity contribution in [1.82, 2.24) is 9.97 Å². The third-order valence-electron chi connectivity index (χ3n) is 3.72. The zero-order chi connectivity index (χ0) is 14.8. The molecule has 2 N–H and O–H groups in total. The number of anilines is 1. The van der Waals surface area contributed by atoms with Crippen LogP contribution in [0.5, 0.6) is 0 Å². The molecule has 1 unspecified atom stereocenters. The summed E-state index contributed by atoms with van der Waals surface area (Å²) >= 11 is 0. The number of nitrogens with zero attached hydrogens (tertiary/aromatic N) is 2. The molecule has 21 heavy (non-hydrogen) atoms. The van der Waals surface area contributed by atoms with Gasteiger partial charge in [-0.2, -0.15) is 0 Å². The smallest absolute Gasteiger partial charge is 0.292 e. The lowest BCUT2D eigenvalue weighted by atomic mass is 9.89. The molecule has 1 aromatic heterocycles. The van der Waals surface area contributed by atoms with E-state index < -0.39 is 4.92 Å². The van der Waals surface area contributed by atoms with Crippen molar-refractivity contribution in [2.45, 2.75) is 19.3 Å². The van der Waals surface area contributed by atoms with E-state index in [9.17, 15) is 14.9 Å². The number of benzene rings is 1. The molecule has 0 aliphatic heterocycles. The molecule has 108 valence electrons. The number of aromatic nitrogens is 2. The van der Waals surface area contributed by atoms with Crippen molar-refractivity contribution in [1.29, 1.82) is 0 Å². The number of imidazole rings is 1. The van der Waals surface area contributed by atoms with Gasteiger partial charge in [0.2, 0.25) is 5.91 Å². The number of aryl methyl sites for hydroxylation is 1. The topological polar surface area (TPSA) is 101 Å². The molecule has 1 atom stereocenters. The van der Waals surface area contributed by atoms with Crippen LogP contribution in [0.3, 0.4) is 0 Å². The van der Waals surface area contributed by atoms with E-state index >= 15 is 0 Å². The highest BCUT2D eigenvalue weighted by Gasteiger charge is 2.27. The first-order valence-corrected chi connectivity index (χ1v) is 6.70. The fourth-order valence-electron chi connectivity index (χ4n) is 2.60. The van der Waals surface area contributed by atoms with E-state index in [0.717, 1.165) is 17.8 Å². The molecule has 2 aromatic rings. The third-order valence-corrected chi connectivity index (χ3v) is 3.72. The summed E-state index contributed by atoms with van der Waals surface area (Å²) in [5.74, 6) is -0.387. The summed E-state index contributed by atoms with van der Waals surface area (Å²) < 4.78 is 0. The molecule has 1 heterocycles. The zero-order valence-corrected chi connectivity index (χ0v) is 11.2. The minimum atomic E-state index is -0.497. The first kappa shape index (κ1) is 13.3. The maximum Gasteiger partial charge on any atom is 0.292 e. The molecule has 0 saturated heterocycles. The minimum Gasteiger partial charge on any atom is -0.348 e. The van der Waals surface area contributed by atoms with Crippen molar-refractivity contribution in [3.8, 4) is 0 Å². The number of amides is 1. The van der Waals surface area contributed by atoms with Gasteiger partial charge >= 0.3 is 0 Å². The van der Waals surface area contributed by atoms with E-state index in [2.05, 4.69) is 15.3 Å². The van der Waals surface area contributed by atoms with Gasteiger partial charge in [-0.15, -0.1) is 0 Å². The molecule has 0 bridgehead atoms. The number of H-pyrrole nitrogens is 1. The van der Waals surface area contributed by atoms with Gasteiger partial charge in [0.05, 0.1) is 16.9 Å². The number of para-hydroxylation sites is 2. The van der Waals surface area contributed by atoms with Gasteiger partial charge in [0, 0.05) is 24.1 Å². The lowest BCUT2D eigenvalue weighted by molar-refractivity contribution is -0.383. The van der Waals surface area contributed by atoms with Crippen LogP contribution >= 0.6 is 0 Å². The molecule has 1 aromatic carbocycles. The summed E-state index contributed by atoms with van der Waals surface area (Å²) in [6.07, 6.45) is 3.66. The summed E-state index contributed by atoms with van der Waals surface area (Å²) in [7, 11) is 0. The number of nitrogens with one attached hydrogen (secondary N) is 2. The average molecular weight is 286 g/mol. The van der Waals surface area contributed by atoms with Gasteiger partial charge in [-0.05, 0) is 18.9 Å². The van der Waals surface area contributed by atoms with Crippen molar-refractivity contribution in [3.05, 3.63) is 52.1 Å². The average Bonchev–Trinajstić information content (AvgIpc) is 2.94. The lowest BCUT2D eigenvalue weighted by Crippen LogP contribution is -2.28. The molecular weight excluding hydrogens is 272 g/mol. The zero-order valence-electron chi connectivity index (χ0n) is 11.2. The Morgan fingerprint density at radius 2 is 2.24 bits per heavy atom. The number of hydrogen-bond donors (Lipinski definition) is 2. The van der Waals surface area contributed by atoms with Crippen LogP contribution in [0.15, 0.2) is 30.6 Å². The van der Waals surface area contributed by atoms with Crippen molar-refractivity contribution >= 4 is 17.3 Å². The van der Waals surface area contributed by atoms with Crippen LogP contribution in [0.2, 0.25) is 0 Å². The van der Waals surface area contributed by atoms with Gasteiger partial charge in [-0.3, -0.25) is 14.9 Å². The van der Waals surface area contributed by atoms with Gasteiger partial charge in [0.15, 0.2) is 0 Å². The van der Waals surface area contributed by atoms with E-state index in [-0.39, 0.29) is 23.2 Å². The first-order chi connectivity index (χ1) is 10.1. The SMILES string of the molecule is O=C(Nc1ccccc1[N+](=O)[O-])C1CCc2nc[nH]c2C1. The van der Waals surface area contributed by atoms with Crippen LogP contribution in [-0.2, 0) is 17.6 Å². The maximum atomic E-state index is 12.3. The second-order valence-corrected chi connectivity index (χ2v) is 5.03. The van der Waals surface area contributed by atoms with Crippen LogP contribution in [0.4, 0.5) is 11.4 Å². The largest absolute Gasteiger partial charge is 0.348 e. The Balaban J connectivity index is 1.75. The maximum absolute atomic E-state index is 12.3. The van der Waals surface area contributed by atoms with E-state index in [1.54, 1.807) is 24.5 Å². The fraction of sp³-hybridized carbons (Fsp3) is 0.286. The highest BCUT2D eigenvalue weighted by molar-refractivity contribution is 5.94. The highest BCUT2D eigenvalue weighted by Crippen LogP contribution is 2.27. The van der Waals surface area contributed by atoms with Crippen LogP contribution in [0.1, 0.15) is 17.8 Å². The van der Waals surface area contributed by atoms with Crippen molar-refractivity contribution in [2.24, 2.45) is 5.92 Å². The van der Waals surface area contributed by atoms with Crippen molar-refractivity contribution < 1.29 is 9.72 Å². The molecular formula is C14H14N4O3. The first-order valence-electron chi connectivity index (χ1n) is 6.70. The number of nitro groups is 1. The van der Waals surface area contributed by atoms with E-state index in [0.29, 0.717) is 12.8 Å². The highest BCUT2D eigenvalue weighted by atomic mass is 16.6. The molecule has 0 spiro atoms. The summed E-state index contributed by atoms with van der Waals surface area (Å²) in [5.41, 5.74) is 2.13. The second-order valence-electron chi connectivity index (χ2n) is 5.03. The number of hydrogen-bond acceptors (Lipinski definition) is 4. The van der Waals surface area contributed by atoms with Gasteiger partial charge < -0.3 is 10.3 Å². The molecule has 1 aliphatic rings. The Morgan fingerprint density at radius 1 is 1.43 bits per heavy atom. The Kier molecular flexibility index (Phi) is 3.39. The molecule has 1 amide bonds. The van der Waals surface area contributed by atoms with E-state index in [1.807, 2.05) is 0 Å². The Morgan fingerprint density at radius 3 is 3.05 bits per heavy atom. The summed E-state index contributed by atoms with van der Waals surface area (Å²) in [6, 6.07) is 6.16. The monoisotopic (exact) mass is 286 g/mol. The van der Waals surface area contributed by atoms with Crippen molar-refractivity contribution in [3.63, 3.8) is 0 Å². The molecule has 0 saturated carbocycles. The molecule has 0 radical (unpaired) electrons. The van der Waals surface area contributed by atoms with Crippen molar-refractivity contribution in [2.75, 3.05) is 5.32 Å². The predicted octanol–water partition coefficient (Wildman–Crippen LogP) is 2.06. The van der Waals surface area contributed by atoms with Crippen LogP contribution in [-0.4, -0.2) is 20.8 Å². The molecule has 0 fully saturated rings. The van der Waals surface area contributed by atoms with Gasteiger partial charge in [0.1, 0.15) is 5.69 Å². The predicted molar refractivity (Wildman–Crippen MR) is 75.8 cm³/mol. The van der Waals surface area contributed by atoms with Crippen LogP contribution in [0, 0.1) is 16.0 Å². The molecule has 3 rings (SSSR count). The molecule has 7 nitrogen and oxygen atoms in total. The summed E-state index contributed by atoms with van der Waals surface area (Å²) in [6.45, 7) is 0. The number of aromatic amines is 1. The van der Waals surface area contributed by atoms with Crippen LogP contribution in [0.25, 0.3) is 0 Å². The molecule has 7 heteroatoms. The standard InChI is InChI=1S/C14H14N4O3/c19-14(9-5-6-10-12(7-9)16-8-15-10)17-11-3-1-2-4-13(11)18(20)21/h1-4,8-9H,5-7H2,(H,15,16)(H,17,19). The number of carbonyl (C=O) groups excluding carboxylic acids is 1. The van der Waals surface area contributed by atoms with Gasteiger partial charge in [0.25, 0.3) is 5.69 Å². The quantitative estimate of drug-likeness (QED) is 0.666. The normalized spacial score (nSPS) is 17.0. The third kappa shape index (κ3) is 2.62.